The number of halogens is 3. The third kappa shape index (κ3) is 5.92. The van der Waals surface area contributed by atoms with Crippen molar-refractivity contribution < 1.29 is 13.9 Å². The van der Waals surface area contributed by atoms with Crippen molar-refractivity contribution in [2.75, 3.05) is 5.32 Å². The van der Waals surface area contributed by atoms with E-state index in [2.05, 4.69) is 10.4 Å². The van der Waals surface area contributed by atoms with Gasteiger partial charge in [-0.15, -0.1) is 0 Å². The molecule has 0 saturated carbocycles. The Hall–Kier alpha value is -3.35. The first-order valence-corrected chi connectivity index (χ1v) is 10.9. The second-order valence-corrected chi connectivity index (χ2v) is 8.36. The Kier molecular flexibility index (Phi) is 6.96. The van der Waals surface area contributed by atoms with E-state index in [0.717, 1.165) is 22.4 Å². The Bertz CT molecular complexity index is 1310. The number of anilines is 1. The largest absolute Gasteiger partial charge is 0.489 e. The van der Waals surface area contributed by atoms with Crippen molar-refractivity contribution >= 4 is 34.8 Å². The minimum Gasteiger partial charge on any atom is -0.489 e. The maximum atomic E-state index is 13.2. The van der Waals surface area contributed by atoms with Gasteiger partial charge in [0.15, 0.2) is 0 Å². The maximum Gasteiger partial charge on any atom is 0.255 e. The summed E-state index contributed by atoms with van der Waals surface area (Å²) in [4.78, 5) is 12.7. The van der Waals surface area contributed by atoms with Gasteiger partial charge in [0, 0.05) is 21.8 Å². The summed E-state index contributed by atoms with van der Waals surface area (Å²) < 4.78 is 20.7. The van der Waals surface area contributed by atoms with Crippen LogP contribution in [-0.4, -0.2) is 15.7 Å². The van der Waals surface area contributed by atoms with Gasteiger partial charge >= 0.3 is 0 Å². The lowest BCUT2D eigenvalue weighted by atomic mass is 10.1. The standard InChI is InChI=1S/C25H20Cl2FN3O2/c1-16-9-20(26)6-8-24(16)33-15-17-3-2-4-18(10-17)25(32)30-22-12-29-31(14-22)13-19-5-7-21(28)11-23(19)27/h2-12,14H,13,15H2,1H3,(H,30,32). The number of rotatable bonds is 7. The number of benzene rings is 3. The summed E-state index contributed by atoms with van der Waals surface area (Å²) in [5, 5.41) is 8.05. The van der Waals surface area contributed by atoms with E-state index in [1.165, 1.54) is 12.1 Å². The molecule has 168 valence electrons. The van der Waals surface area contributed by atoms with Crippen LogP contribution < -0.4 is 10.1 Å². The molecule has 4 aromatic rings. The van der Waals surface area contributed by atoms with Crippen molar-refractivity contribution in [2.45, 2.75) is 20.1 Å². The molecule has 0 atom stereocenters. The zero-order valence-electron chi connectivity index (χ0n) is 17.7. The molecule has 1 aromatic heterocycles. The van der Waals surface area contributed by atoms with Crippen molar-refractivity contribution in [3.63, 3.8) is 0 Å². The van der Waals surface area contributed by atoms with Crippen molar-refractivity contribution in [2.24, 2.45) is 0 Å². The summed E-state index contributed by atoms with van der Waals surface area (Å²) in [5.74, 6) is 0.0786. The molecular formula is C25H20Cl2FN3O2. The van der Waals surface area contributed by atoms with Crippen molar-refractivity contribution in [1.29, 1.82) is 0 Å². The minimum atomic E-state index is -0.395. The lowest BCUT2D eigenvalue weighted by Gasteiger charge is -2.10. The maximum absolute atomic E-state index is 13.2. The van der Waals surface area contributed by atoms with Crippen LogP contribution in [0, 0.1) is 12.7 Å². The highest BCUT2D eigenvalue weighted by molar-refractivity contribution is 6.31. The molecule has 33 heavy (non-hydrogen) atoms. The quantitative estimate of drug-likeness (QED) is 0.325. The molecule has 5 nitrogen and oxygen atoms in total. The molecular weight excluding hydrogens is 464 g/mol. The highest BCUT2D eigenvalue weighted by atomic mass is 35.5. The van der Waals surface area contributed by atoms with Crippen molar-refractivity contribution in [3.05, 3.63) is 111 Å². The van der Waals surface area contributed by atoms with Crippen molar-refractivity contribution in [3.8, 4) is 5.75 Å². The van der Waals surface area contributed by atoms with E-state index in [0.29, 0.717) is 34.4 Å². The Morgan fingerprint density at radius 3 is 2.76 bits per heavy atom. The van der Waals surface area contributed by atoms with Crippen LogP contribution in [0.1, 0.15) is 27.0 Å². The highest BCUT2D eigenvalue weighted by Gasteiger charge is 2.10. The van der Waals surface area contributed by atoms with Gasteiger partial charge in [-0.3, -0.25) is 9.48 Å². The topological polar surface area (TPSA) is 56.1 Å². The number of ether oxygens (including phenoxy) is 1. The average molecular weight is 484 g/mol. The summed E-state index contributed by atoms with van der Waals surface area (Å²) >= 11 is 12.1. The number of aromatic nitrogens is 2. The Balaban J connectivity index is 1.38. The highest BCUT2D eigenvalue weighted by Crippen LogP contribution is 2.23. The monoisotopic (exact) mass is 483 g/mol. The molecule has 0 spiro atoms. The molecule has 0 fully saturated rings. The lowest BCUT2D eigenvalue weighted by Crippen LogP contribution is -2.12. The lowest BCUT2D eigenvalue weighted by molar-refractivity contribution is 0.102. The second-order valence-electron chi connectivity index (χ2n) is 7.52. The predicted molar refractivity (Wildman–Crippen MR) is 128 cm³/mol. The molecule has 0 aliphatic carbocycles. The summed E-state index contributed by atoms with van der Waals surface area (Å²) in [6, 6.07) is 16.9. The smallest absolute Gasteiger partial charge is 0.255 e. The van der Waals surface area contributed by atoms with Gasteiger partial charge in [-0.25, -0.2) is 4.39 Å². The molecule has 4 rings (SSSR count). The zero-order valence-corrected chi connectivity index (χ0v) is 19.2. The average Bonchev–Trinajstić information content (AvgIpc) is 3.22. The molecule has 8 heteroatoms. The second kappa shape index (κ2) is 10.1. The number of carbonyl (C=O) groups excluding carboxylic acids is 1. The number of amides is 1. The SMILES string of the molecule is Cc1cc(Cl)ccc1OCc1cccc(C(=O)Nc2cnn(Cc3ccc(F)cc3Cl)c2)c1. The molecule has 0 radical (unpaired) electrons. The van der Waals surface area contributed by atoms with Crippen LogP contribution in [0.25, 0.3) is 0 Å². The molecule has 1 amide bonds. The van der Waals surface area contributed by atoms with Gasteiger partial charge in [-0.1, -0.05) is 41.4 Å². The van der Waals surface area contributed by atoms with Gasteiger partial charge in [-0.2, -0.15) is 5.10 Å². The summed E-state index contributed by atoms with van der Waals surface area (Å²) in [6.45, 7) is 2.60. The van der Waals surface area contributed by atoms with E-state index < -0.39 is 5.82 Å². The molecule has 0 saturated heterocycles. The molecule has 0 aliphatic rings. The van der Waals surface area contributed by atoms with E-state index in [1.54, 1.807) is 41.3 Å². The van der Waals surface area contributed by atoms with Gasteiger partial charge in [0.25, 0.3) is 5.91 Å². The first-order valence-electron chi connectivity index (χ1n) is 10.1. The number of carbonyl (C=O) groups is 1. The Labute approximate surface area is 200 Å². The van der Waals surface area contributed by atoms with E-state index in [9.17, 15) is 9.18 Å². The fourth-order valence-electron chi connectivity index (χ4n) is 3.28. The number of hydrogen-bond donors (Lipinski definition) is 1. The first kappa shape index (κ1) is 22.8. The Morgan fingerprint density at radius 1 is 1.12 bits per heavy atom. The van der Waals surface area contributed by atoms with Crippen LogP contribution in [0.4, 0.5) is 10.1 Å². The molecule has 0 bridgehead atoms. The van der Waals surface area contributed by atoms with Gasteiger partial charge in [0.2, 0.25) is 0 Å². The van der Waals surface area contributed by atoms with Gasteiger partial charge in [-0.05, 0) is 66.1 Å². The van der Waals surface area contributed by atoms with Gasteiger partial charge in [0.1, 0.15) is 18.2 Å². The zero-order chi connectivity index (χ0) is 23.4. The fraction of sp³-hybridized carbons (Fsp3) is 0.120. The van der Waals surface area contributed by atoms with Crippen LogP contribution in [0.3, 0.4) is 0 Å². The number of nitrogens with zero attached hydrogens (tertiary/aromatic N) is 2. The van der Waals surface area contributed by atoms with E-state index in [-0.39, 0.29) is 5.91 Å². The van der Waals surface area contributed by atoms with Crippen LogP contribution >= 0.6 is 23.2 Å². The number of hydrogen-bond acceptors (Lipinski definition) is 3. The fourth-order valence-corrected chi connectivity index (χ4v) is 3.73. The minimum absolute atomic E-state index is 0.265. The van der Waals surface area contributed by atoms with Crippen LogP contribution in [0.2, 0.25) is 10.0 Å². The molecule has 1 heterocycles. The Morgan fingerprint density at radius 2 is 1.97 bits per heavy atom. The van der Waals surface area contributed by atoms with E-state index in [4.69, 9.17) is 27.9 Å². The number of aryl methyl sites for hydroxylation is 1. The first-order chi connectivity index (χ1) is 15.9. The normalized spacial score (nSPS) is 10.8. The van der Waals surface area contributed by atoms with Gasteiger partial charge in [0.05, 0.1) is 18.4 Å². The third-order valence-electron chi connectivity index (χ3n) is 4.96. The summed E-state index contributed by atoms with van der Waals surface area (Å²) in [6.07, 6.45) is 3.24. The summed E-state index contributed by atoms with van der Waals surface area (Å²) in [5.41, 5.74) is 3.56. The van der Waals surface area contributed by atoms with E-state index >= 15 is 0 Å². The predicted octanol–water partition coefficient (Wildman–Crippen LogP) is 6.52. The van der Waals surface area contributed by atoms with Gasteiger partial charge < -0.3 is 10.1 Å². The van der Waals surface area contributed by atoms with Crippen LogP contribution in [-0.2, 0) is 13.2 Å². The molecule has 0 aliphatic heterocycles. The van der Waals surface area contributed by atoms with Crippen LogP contribution in [0.15, 0.2) is 73.1 Å². The third-order valence-corrected chi connectivity index (χ3v) is 5.55. The molecule has 1 N–H and O–H groups in total. The van der Waals surface area contributed by atoms with Crippen LogP contribution in [0.5, 0.6) is 5.75 Å². The van der Waals surface area contributed by atoms with Crippen molar-refractivity contribution in [1.82, 2.24) is 9.78 Å². The molecule has 3 aromatic carbocycles. The molecule has 0 unspecified atom stereocenters. The van der Waals surface area contributed by atoms with E-state index in [1.807, 2.05) is 31.2 Å². The number of nitrogens with one attached hydrogen (secondary N) is 1. The summed E-state index contributed by atoms with van der Waals surface area (Å²) in [7, 11) is 0.